The van der Waals surface area contributed by atoms with Gasteiger partial charge in [0.05, 0.1) is 11.5 Å². The van der Waals surface area contributed by atoms with Crippen molar-refractivity contribution in [3.05, 3.63) is 54.9 Å². The molecule has 24 heavy (non-hydrogen) atoms. The topological polar surface area (TPSA) is 72.4 Å². The molecule has 1 aromatic carbocycles. The molecule has 2 aromatic heterocycles. The number of hydrogen-bond acceptors (Lipinski definition) is 5. The number of pyridine rings is 2. The lowest BCUT2D eigenvalue weighted by Crippen LogP contribution is -2.27. The quantitative estimate of drug-likeness (QED) is 0.712. The molecule has 0 unspecified atom stereocenters. The van der Waals surface area contributed by atoms with Gasteiger partial charge in [-0.15, -0.1) is 0 Å². The van der Waals surface area contributed by atoms with Gasteiger partial charge in [-0.1, -0.05) is 6.07 Å². The Morgan fingerprint density at radius 2 is 1.83 bits per heavy atom. The van der Waals surface area contributed by atoms with Crippen molar-refractivity contribution in [1.29, 1.82) is 0 Å². The Balaban J connectivity index is 2.17. The van der Waals surface area contributed by atoms with Gasteiger partial charge in [0.15, 0.2) is 0 Å². The molecule has 0 amide bonds. The van der Waals surface area contributed by atoms with Crippen molar-refractivity contribution in [1.82, 2.24) is 9.97 Å². The highest BCUT2D eigenvalue weighted by atomic mass is 32.2. The predicted octanol–water partition coefficient (Wildman–Crippen LogP) is 2.85. The minimum atomic E-state index is -3.78. The van der Waals surface area contributed by atoms with Crippen LogP contribution < -0.4 is 9.04 Å². The van der Waals surface area contributed by atoms with Crippen LogP contribution in [0, 0.1) is 0 Å². The maximum absolute atomic E-state index is 13.0. The average Bonchev–Trinajstić information content (AvgIpc) is 2.62. The highest BCUT2D eigenvalue weighted by Crippen LogP contribution is 2.31. The van der Waals surface area contributed by atoms with Crippen LogP contribution in [0.25, 0.3) is 10.9 Å². The summed E-state index contributed by atoms with van der Waals surface area (Å²) >= 11 is 0. The Labute approximate surface area is 140 Å². The van der Waals surface area contributed by atoms with Crippen molar-refractivity contribution in [2.45, 2.75) is 11.8 Å². The maximum atomic E-state index is 13.0. The molecule has 0 aliphatic heterocycles. The Hall–Kier alpha value is -2.67. The van der Waals surface area contributed by atoms with Gasteiger partial charge in [-0.2, -0.15) is 0 Å². The minimum Gasteiger partial charge on any atom is -0.492 e. The molecule has 0 saturated heterocycles. The molecule has 124 valence electrons. The van der Waals surface area contributed by atoms with Crippen LogP contribution in [0.5, 0.6) is 5.75 Å². The molecular formula is C17H17N3O3S. The second kappa shape index (κ2) is 6.45. The molecule has 0 N–H and O–H groups in total. The zero-order valence-corrected chi connectivity index (χ0v) is 14.2. The number of benzene rings is 1. The largest absolute Gasteiger partial charge is 0.492 e. The van der Waals surface area contributed by atoms with Crippen LogP contribution in [0.3, 0.4) is 0 Å². The van der Waals surface area contributed by atoms with Crippen molar-refractivity contribution < 1.29 is 13.2 Å². The van der Waals surface area contributed by atoms with E-state index in [1.54, 1.807) is 54.9 Å². The van der Waals surface area contributed by atoms with Gasteiger partial charge in [-0.25, -0.2) is 13.4 Å². The van der Waals surface area contributed by atoms with Crippen LogP contribution in [-0.4, -0.2) is 32.0 Å². The number of fused-ring (bicyclic) bond motifs is 1. The number of sulfonamides is 1. The monoisotopic (exact) mass is 343 g/mol. The first-order chi connectivity index (χ1) is 11.6. The lowest BCUT2D eigenvalue weighted by molar-refractivity contribution is 0.343. The summed E-state index contributed by atoms with van der Waals surface area (Å²) in [4.78, 5) is 8.56. The highest BCUT2D eigenvalue weighted by molar-refractivity contribution is 7.93. The average molecular weight is 343 g/mol. The highest BCUT2D eigenvalue weighted by Gasteiger charge is 2.25. The van der Waals surface area contributed by atoms with E-state index < -0.39 is 10.0 Å². The van der Waals surface area contributed by atoms with E-state index >= 15 is 0 Å². The van der Waals surface area contributed by atoms with Crippen LogP contribution >= 0.6 is 0 Å². The van der Waals surface area contributed by atoms with E-state index in [9.17, 15) is 8.42 Å². The molecule has 6 nitrogen and oxygen atoms in total. The number of rotatable bonds is 5. The summed E-state index contributed by atoms with van der Waals surface area (Å²) in [5.41, 5.74) is 0.523. The van der Waals surface area contributed by atoms with Crippen LogP contribution in [0.1, 0.15) is 6.92 Å². The van der Waals surface area contributed by atoms with E-state index in [0.717, 1.165) is 4.31 Å². The third-order valence-electron chi connectivity index (χ3n) is 3.60. The Morgan fingerprint density at radius 1 is 1.04 bits per heavy atom. The second-order valence-electron chi connectivity index (χ2n) is 5.05. The van der Waals surface area contributed by atoms with Gasteiger partial charge in [-0.3, -0.25) is 9.29 Å². The standard InChI is InChI=1S/C17H17N3O3S/c1-3-23-14-9-10-15(13-7-6-12-19-17(13)14)24(21,22)20(2)16-8-4-5-11-18-16/h4-12H,3H2,1-2H3. The molecule has 0 atom stereocenters. The van der Waals surface area contributed by atoms with E-state index in [2.05, 4.69) is 9.97 Å². The van der Waals surface area contributed by atoms with Gasteiger partial charge < -0.3 is 4.74 Å². The van der Waals surface area contributed by atoms with E-state index in [-0.39, 0.29) is 4.90 Å². The molecule has 2 heterocycles. The lowest BCUT2D eigenvalue weighted by atomic mass is 10.2. The number of nitrogens with zero attached hydrogens (tertiary/aromatic N) is 3. The maximum Gasteiger partial charge on any atom is 0.265 e. The molecule has 0 spiro atoms. The van der Waals surface area contributed by atoms with Gasteiger partial charge in [-0.05, 0) is 43.3 Å². The first-order valence-electron chi connectivity index (χ1n) is 7.46. The molecule has 7 heteroatoms. The van der Waals surface area contributed by atoms with E-state index in [0.29, 0.717) is 29.1 Å². The summed E-state index contributed by atoms with van der Waals surface area (Å²) in [5.74, 6) is 0.913. The summed E-state index contributed by atoms with van der Waals surface area (Å²) in [6, 6.07) is 11.7. The predicted molar refractivity (Wildman–Crippen MR) is 92.7 cm³/mol. The van der Waals surface area contributed by atoms with Crippen LogP contribution in [0.2, 0.25) is 0 Å². The zero-order valence-electron chi connectivity index (χ0n) is 13.4. The van der Waals surface area contributed by atoms with Crippen LogP contribution in [-0.2, 0) is 10.0 Å². The molecular weight excluding hydrogens is 326 g/mol. The molecule has 0 radical (unpaired) electrons. The van der Waals surface area contributed by atoms with Crippen molar-refractivity contribution >= 4 is 26.7 Å². The number of ether oxygens (including phenoxy) is 1. The fraction of sp³-hybridized carbons (Fsp3) is 0.176. The summed E-state index contributed by atoms with van der Waals surface area (Å²) in [6.45, 7) is 2.35. The van der Waals surface area contributed by atoms with E-state index in [1.807, 2.05) is 6.92 Å². The minimum absolute atomic E-state index is 0.169. The third-order valence-corrected chi connectivity index (χ3v) is 5.42. The van der Waals surface area contributed by atoms with Crippen molar-refractivity contribution in [3.8, 4) is 5.75 Å². The zero-order chi connectivity index (χ0) is 17.2. The second-order valence-corrected chi connectivity index (χ2v) is 6.99. The molecule has 0 aliphatic rings. The summed E-state index contributed by atoms with van der Waals surface area (Å²) in [7, 11) is -2.29. The fourth-order valence-corrected chi connectivity index (χ4v) is 3.76. The van der Waals surface area contributed by atoms with Gasteiger partial charge in [0.1, 0.15) is 17.1 Å². The summed E-state index contributed by atoms with van der Waals surface area (Å²) in [5, 5.41) is 0.520. The Morgan fingerprint density at radius 3 is 2.54 bits per heavy atom. The van der Waals surface area contributed by atoms with Gasteiger partial charge in [0.2, 0.25) is 0 Å². The third kappa shape index (κ3) is 2.78. The van der Waals surface area contributed by atoms with E-state index in [4.69, 9.17) is 4.74 Å². The fourth-order valence-electron chi connectivity index (χ4n) is 2.43. The lowest BCUT2D eigenvalue weighted by Gasteiger charge is -2.19. The molecule has 0 saturated carbocycles. The Kier molecular flexibility index (Phi) is 4.35. The smallest absolute Gasteiger partial charge is 0.265 e. The van der Waals surface area contributed by atoms with Crippen LogP contribution in [0.4, 0.5) is 5.82 Å². The molecule has 3 aromatic rings. The molecule has 0 bridgehead atoms. The normalized spacial score (nSPS) is 11.4. The summed E-state index contributed by atoms with van der Waals surface area (Å²) < 4.78 is 32.8. The first kappa shape index (κ1) is 16.2. The molecule has 0 aliphatic carbocycles. The molecule has 0 fully saturated rings. The molecule has 3 rings (SSSR count). The number of hydrogen-bond donors (Lipinski definition) is 0. The number of aromatic nitrogens is 2. The van der Waals surface area contributed by atoms with Crippen molar-refractivity contribution in [2.75, 3.05) is 18.0 Å². The van der Waals surface area contributed by atoms with Crippen molar-refractivity contribution in [2.24, 2.45) is 0 Å². The Bertz CT molecular complexity index is 959. The number of anilines is 1. The van der Waals surface area contributed by atoms with Gasteiger partial charge in [0.25, 0.3) is 10.0 Å². The van der Waals surface area contributed by atoms with E-state index in [1.165, 1.54) is 7.05 Å². The SMILES string of the molecule is CCOc1ccc(S(=O)(=O)N(C)c2ccccn2)c2cccnc12. The first-order valence-corrected chi connectivity index (χ1v) is 8.90. The van der Waals surface area contributed by atoms with Gasteiger partial charge >= 0.3 is 0 Å². The van der Waals surface area contributed by atoms with Crippen LogP contribution in [0.15, 0.2) is 59.8 Å². The summed E-state index contributed by atoms with van der Waals surface area (Å²) in [6.07, 6.45) is 3.17. The van der Waals surface area contributed by atoms with Gasteiger partial charge in [0, 0.05) is 24.8 Å². The van der Waals surface area contributed by atoms with Crippen molar-refractivity contribution in [3.63, 3.8) is 0 Å².